The van der Waals surface area contributed by atoms with Crippen LogP contribution in [0.1, 0.15) is 16.8 Å². The molecule has 0 aliphatic carbocycles. The summed E-state index contributed by atoms with van der Waals surface area (Å²) in [5, 5.41) is 8.83. The number of rotatable bonds is 5. The van der Waals surface area contributed by atoms with Crippen LogP contribution in [0.25, 0.3) is 0 Å². The Morgan fingerprint density at radius 3 is 2.59 bits per heavy atom. The average molecular weight is 294 g/mol. The molecule has 0 bridgehead atoms. The lowest BCUT2D eigenvalue weighted by molar-refractivity contribution is 0.0987. The molecule has 5 nitrogen and oxygen atoms in total. The topological polar surface area (TPSA) is 60.2 Å². The quantitative estimate of drug-likeness (QED) is 0.850. The Bertz CT molecular complexity index is 677. The molecular weight excluding hydrogens is 276 g/mol. The van der Waals surface area contributed by atoms with E-state index in [-0.39, 0.29) is 12.3 Å². The van der Waals surface area contributed by atoms with Gasteiger partial charge in [0, 0.05) is 38.1 Å². The zero-order chi connectivity index (χ0) is 15.9. The van der Waals surface area contributed by atoms with Crippen LogP contribution in [0.5, 0.6) is 0 Å². The van der Waals surface area contributed by atoms with Crippen molar-refractivity contribution in [2.24, 2.45) is 0 Å². The largest absolute Gasteiger partial charge is 0.363 e. The van der Waals surface area contributed by atoms with E-state index < -0.39 is 0 Å². The Morgan fingerprint density at radius 1 is 1.23 bits per heavy atom. The number of aromatic nitrogens is 1. The number of amides is 1. The summed E-state index contributed by atoms with van der Waals surface area (Å²) < 4.78 is 0. The van der Waals surface area contributed by atoms with Gasteiger partial charge in [0.1, 0.15) is 5.82 Å². The number of pyridine rings is 1. The van der Waals surface area contributed by atoms with Crippen molar-refractivity contribution < 1.29 is 4.79 Å². The number of nitriles is 1. The summed E-state index contributed by atoms with van der Waals surface area (Å²) >= 11 is 0. The first kappa shape index (κ1) is 15.5. The predicted octanol–water partition coefficient (Wildman–Crippen LogP) is 2.71. The summed E-state index contributed by atoms with van der Waals surface area (Å²) in [7, 11) is 3.75. The molecule has 0 radical (unpaired) electrons. The zero-order valence-corrected chi connectivity index (χ0v) is 12.7. The van der Waals surface area contributed by atoms with E-state index >= 15 is 0 Å². The smallest absolute Gasteiger partial charge is 0.258 e. The van der Waals surface area contributed by atoms with E-state index in [1.165, 1.54) is 0 Å². The van der Waals surface area contributed by atoms with Crippen LogP contribution in [-0.2, 0) is 0 Å². The monoisotopic (exact) mass is 294 g/mol. The summed E-state index contributed by atoms with van der Waals surface area (Å²) in [4.78, 5) is 20.5. The van der Waals surface area contributed by atoms with E-state index in [0.29, 0.717) is 12.1 Å². The number of anilines is 2. The number of benzene rings is 1. The van der Waals surface area contributed by atoms with Gasteiger partial charge in [-0.05, 0) is 24.3 Å². The fraction of sp³-hybridized carbons (Fsp3) is 0.235. The highest BCUT2D eigenvalue weighted by Gasteiger charge is 2.18. The van der Waals surface area contributed by atoms with Crippen LogP contribution in [0.3, 0.4) is 0 Å². The highest BCUT2D eigenvalue weighted by Crippen LogP contribution is 2.19. The van der Waals surface area contributed by atoms with E-state index in [1.54, 1.807) is 23.2 Å². The van der Waals surface area contributed by atoms with Gasteiger partial charge in [-0.15, -0.1) is 0 Å². The van der Waals surface area contributed by atoms with Gasteiger partial charge in [-0.3, -0.25) is 4.79 Å². The molecule has 0 saturated heterocycles. The Balaban J connectivity index is 2.33. The minimum atomic E-state index is -0.132. The molecule has 112 valence electrons. The van der Waals surface area contributed by atoms with Gasteiger partial charge in [-0.1, -0.05) is 18.2 Å². The molecule has 0 atom stereocenters. The number of carbonyl (C=O) groups excluding carboxylic acids is 1. The minimum Gasteiger partial charge on any atom is -0.363 e. The van der Waals surface area contributed by atoms with E-state index in [0.717, 1.165) is 11.5 Å². The normalized spacial score (nSPS) is 9.86. The number of hydrogen-bond acceptors (Lipinski definition) is 4. The third-order valence-electron chi connectivity index (χ3n) is 3.21. The molecule has 0 aliphatic rings. The lowest BCUT2D eigenvalue weighted by Gasteiger charge is -2.22. The van der Waals surface area contributed by atoms with Crippen molar-refractivity contribution in [2.45, 2.75) is 6.42 Å². The van der Waals surface area contributed by atoms with Crippen molar-refractivity contribution in [3.05, 3.63) is 54.2 Å². The standard InChI is InChI=1S/C17H18N4O/c1-20(2)16-13-14(9-11-19-16)17(22)21(12-6-10-18)15-7-4-3-5-8-15/h3-5,7-9,11,13H,6,12H2,1-2H3. The fourth-order valence-corrected chi connectivity index (χ4v) is 2.07. The van der Waals surface area contributed by atoms with Gasteiger partial charge in [-0.2, -0.15) is 5.26 Å². The minimum absolute atomic E-state index is 0.132. The number of hydrogen-bond donors (Lipinski definition) is 0. The summed E-state index contributed by atoms with van der Waals surface area (Å²) in [5.74, 6) is 0.589. The highest BCUT2D eigenvalue weighted by atomic mass is 16.2. The van der Waals surface area contributed by atoms with Crippen LogP contribution in [0.15, 0.2) is 48.7 Å². The molecule has 0 aliphatic heterocycles. The molecule has 0 N–H and O–H groups in total. The van der Waals surface area contributed by atoms with Gasteiger partial charge in [0.2, 0.25) is 0 Å². The van der Waals surface area contributed by atoms with E-state index in [9.17, 15) is 4.79 Å². The third kappa shape index (κ3) is 3.61. The van der Waals surface area contributed by atoms with Crippen molar-refractivity contribution in [1.29, 1.82) is 5.26 Å². The Hall–Kier alpha value is -2.87. The van der Waals surface area contributed by atoms with Crippen LogP contribution in [-0.4, -0.2) is 31.5 Å². The lowest BCUT2D eigenvalue weighted by atomic mass is 10.2. The molecule has 0 spiro atoms. The maximum Gasteiger partial charge on any atom is 0.258 e. The van der Waals surface area contributed by atoms with Crippen molar-refractivity contribution >= 4 is 17.4 Å². The summed E-state index contributed by atoms with van der Waals surface area (Å²) in [5.41, 5.74) is 1.34. The molecule has 2 aromatic rings. The molecule has 2 rings (SSSR count). The average Bonchev–Trinajstić information content (AvgIpc) is 2.56. The van der Waals surface area contributed by atoms with E-state index in [2.05, 4.69) is 11.1 Å². The van der Waals surface area contributed by atoms with Crippen molar-refractivity contribution in [3.8, 4) is 6.07 Å². The van der Waals surface area contributed by atoms with Crippen LogP contribution < -0.4 is 9.80 Å². The van der Waals surface area contributed by atoms with Gasteiger partial charge in [0.25, 0.3) is 5.91 Å². The van der Waals surface area contributed by atoms with Gasteiger partial charge >= 0.3 is 0 Å². The SMILES string of the molecule is CN(C)c1cc(C(=O)N(CCC#N)c2ccccc2)ccn1. The van der Waals surface area contributed by atoms with Crippen LogP contribution in [0.2, 0.25) is 0 Å². The third-order valence-corrected chi connectivity index (χ3v) is 3.21. The zero-order valence-electron chi connectivity index (χ0n) is 12.7. The fourth-order valence-electron chi connectivity index (χ4n) is 2.07. The second-order valence-electron chi connectivity index (χ2n) is 5.00. The van der Waals surface area contributed by atoms with Gasteiger partial charge in [-0.25, -0.2) is 4.98 Å². The van der Waals surface area contributed by atoms with Gasteiger partial charge in [0.15, 0.2) is 0 Å². The molecule has 0 saturated carbocycles. The Kier molecular flexibility index (Phi) is 5.10. The highest BCUT2D eigenvalue weighted by molar-refractivity contribution is 6.06. The van der Waals surface area contributed by atoms with Crippen LogP contribution in [0, 0.1) is 11.3 Å². The second-order valence-corrected chi connectivity index (χ2v) is 5.00. The maximum absolute atomic E-state index is 12.8. The molecule has 0 unspecified atom stereocenters. The Labute approximate surface area is 130 Å². The molecule has 1 heterocycles. The number of para-hydroxylation sites is 1. The first-order valence-corrected chi connectivity index (χ1v) is 7.00. The molecule has 0 fully saturated rings. The van der Waals surface area contributed by atoms with Crippen LogP contribution >= 0.6 is 0 Å². The maximum atomic E-state index is 12.8. The predicted molar refractivity (Wildman–Crippen MR) is 86.9 cm³/mol. The van der Waals surface area contributed by atoms with Crippen molar-refractivity contribution in [1.82, 2.24) is 4.98 Å². The number of carbonyl (C=O) groups is 1. The lowest BCUT2D eigenvalue weighted by Crippen LogP contribution is -2.32. The first-order valence-electron chi connectivity index (χ1n) is 7.00. The summed E-state index contributed by atoms with van der Waals surface area (Å²) in [6, 6.07) is 14.9. The summed E-state index contributed by atoms with van der Waals surface area (Å²) in [6.45, 7) is 0.360. The number of nitrogens with zero attached hydrogens (tertiary/aromatic N) is 4. The van der Waals surface area contributed by atoms with E-state index in [1.807, 2.05) is 49.3 Å². The molecule has 1 aromatic heterocycles. The molecule has 5 heteroatoms. The van der Waals surface area contributed by atoms with Crippen molar-refractivity contribution in [3.63, 3.8) is 0 Å². The molecular formula is C17H18N4O. The van der Waals surface area contributed by atoms with Gasteiger partial charge in [0.05, 0.1) is 12.5 Å². The second kappa shape index (κ2) is 7.23. The first-order chi connectivity index (χ1) is 10.6. The van der Waals surface area contributed by atoms with Gasteiger partial charge < -0.3 is 9.80 Å². The molecule has 22 heavy (non-hydrogen) atoms. The Morgan fingerprint density at radius 2 is 1.95 bits per heavy atom. The summed E-state index contributed by atoms with van der Waals surface area (Å²) in [6.07, 6.45) is 1.91. The molecule has 1 aromatic carbocycles. The molecule has 1 amide bonds. The van der Waals surface area contributed by atoms with E-state index in [4.69, 9.17) is 5.26 Å². The van der Waals surface area contributed by atoms with Crippen molar-refractivity contribution in [2.75, 3.05) is 30.4 Å². The van der Waals surface area contributed by atoms with Crippen LogP contribution in [0.4, 0.5) is 11.5 Å².